The number of nitrogens with one attached hydrogen (secondary N) is 3. The zero-order valence-corrected chi connectivity index (χ0v) is 35.2. The molecule has 0 aromatic heterocycles. The van der Waals surface area contributed by atoms with Crippen molar-refractivity contribution >= 4 is 11.9 Å². The van der Waals surface area contributed by atoms with Crippen LogP contribution in [0.5, 0.6) is 0 Å². The number of carbonyl (C=O) groups excluding carboxylic acids is 2. The molecule has 316 valence electrons. The Morgan fingerprint density at radius 1 is 0.321 bits per heavy atom. The van der Waals surface area contributed by atoms with Gasteiger partial charge in [0.15, 0.2) is 0 Å². The maximum Gasteiger partial charge on any atom is 0.307 e. The molecule has 53 heavy (non-hydrogen) atoms. The summed E-state index contributed by atoms with van der Waals surface area (Å²) in [6.07, 6.45) is 32.5. The monoisotopic (exact) mass is 756 g/mol. The summed E-state index contributed by atoms with van der Waals surface area (Å²) in [7, 11) is 0. The van der Waals surface area contributed by atoms with Crippen LogP contribution in [0.15, 0.2) is 0 Å². The Balaban J connectivity index is 3.22. The van der Waals surface area contributed by atoms with Gasteiger partial charge in [-0.05, 0) is 77.5 Å². The third-order valence-corrected chi connectivity index (χ3v) is 9.60. The molecule has 0 amide bonds. The molecule has 0 aromatic carbocycles. The van der Waals surface area contributed by atoms with Gasteiger partial charge in [-0.25, -0.2) is 0 Å². The minimum Gasteiger partial charge on any atom is -0.466 e. The van der Waals surface area contributed by atoms with E-state index < -0.39 is 0 Å². The molecule has 0 atom stereocenters. The fourth-order valence-electron chi connectivity index (χ4n) is 6.15. The predicted molar refractivity (Wildman–Crippen MR) is 223 cm³/mol. The van der Waals surface area contributed by atoms with Gasteiger partial charge in [0, 0.05) is 39.5 Å². The topological polar surface area (TPSA) is 107 Å². The van der Waals surface area contributed by atoms with Crippen LogP contribution in [0, 0.1) is 0 Å². The van der Waals surface area contributed by atoms with E-state index in [1.165, 1.54) is 116 Å². The van der Waals surface area contributed by atoms with Gasteiger partial charge < -0.3 is 34.9 Å². The Morgan fingerprint density at radius 2 is 0.585 bits per heavy atom. The van der Waals surface area contributed by atoms with Crippen LogP contribution in [-0.2, 0) is 28.5 Å². The standard InChI is InChI=1S/C44H89N3O6/c1-3-5-7-9-15-21-37-50-39-23-17-11-13-19-25-41-52-43(48)29-35-46-33-27-31-45-32-28-34-47-36-30-44(49)53-42-26-20-14-12-18-24-40-51-38-22-16-10-8-6-4-2/h45-47H,3-42H2,1-2H3. The van der Waals surface area contributed by atoms with E-state index in [-0.39, 0.29) is 11.9 Å². The number of hydrogen-bond donors (Lipinski definition) is 3. The van der Waals surface area contributed by atoms with Gasteiger partial charge >= 0.3 is 11.9 Å². The molecule has 0 radical (unpaired) electrons. The van der Waals surface area contributed by atoms with Crippen LogP contribution in [0.25, 0.3) is 0 Å². The summed E-state index contributed by atoms with van der Waals surface area (Å²) in [5, 5.41) is 10.1. The van der Waals surface area contributed by atoms with E-state index in [4.69, 9.17) is 18.9 Å². The maximum atomic E-state index is 11.9. The summed E-state index contributed by atoms with van der Waals surface area (Å²) >= 11 is 0. The first-order chi connectivity index (χ1) is 26.2. The lowest BCUT2D eigenvalue weighted by molar-refractivity contribution is -0.144. The lowest BCUT2D eigenvalue weighted by Crippen LogP contribution is -2.27. The summed E-state index contributed by atoms with van der Waals surface area (Å²) in [5.41, 5.74) is 0. The molecule has 9 nitrogen and oxygen atoms in total. The maximum absolute atomic E-state index is 11.9. The van der Waals surface area contributed by atoms with E-state index >= 15 is 0 Å². The van der Waals surface area contributed by atoms with Crippen LogP contribution >= 0.6 is 0 Å². The normalized spacial score (nSPS) is 11.4. The van der Waals surface area contributed by atoms with Gasteiger partial charge in [-0.3, -0.25) is 9.59 Å². The molecule has 0 unspecified atom stereocenters. The Kier molecular flexibility index (Phi) is 45.8. The Hall–Kier alpha value is -1.26. The predicted octanol–water partition coefficient (Wildman–Crippen LogP) is 9.84. The van der Waals surface area contributed by atoms with E-state index in [0.717, 1.165) is 104 Å². The van der Waals surface area contributed by atoms with Crippen LogP contribution in [-0.4, -0.2) is 90.8 Å². The van der Waals surface area contributed by atoms with Crippen LogP contribution < -0.4 is 16.0 Å². The van der Waals surface area contributed by atoms with Crippen LogP contribution in [0.4, 0.5) is 0 Å². The largest absolute Gasteiger partial charge is 0.466 e. The SMILES string of the molecule is CCCCCCCCOCCCCCCCCOC(=O)CCNCCCNCCCNCCC(=O)OCCCCCCCCOCCCCCCCC. The van der Waals surface area contributed by atoms with Crippen molar-refractivity contribution in [2.45, 2.75) is 194 Å². The first-order valence-corrected chi connectivity index (χ1v) is 22.8. The number of esters is 2. The molecule has 0 saturated heterocycles. The Labute approximate surface area is 328 Å². The van der Waals surface area contributed by atoms with Crippen molar-refractivity contribution in [1.29, 1.82) is 0 Å². The Bertz CT molecular complexity index is 671. The van der Waals surface area contributed by atoms with E-state index in [0.29, 0.717) is 39.1 Å². The first kappa shape index (κ1) is 51.7. The van der Waals surface area contributed by atoms with Gasteiger partial charge in [0.05, 0.1) is 26.1 Å². The van der Waals surface area contributed by atoms with Gasteiger partial charge in [-0.1, -0.05) is 129 Å². The highest BCUT2D eigenvalue weighted by molar-refractivity contribution is 5.69. The zero-order valence-electron chi connectivity index (χ0n) is 35.2. The molecule has 0 heterocycles. The average molecular weight is 756 g/mol. The molecule has 0 aliphatic carbocycles. The summed E-state index contributed by atoms with van der Waals surface area (Å²) in [5.74, 6) is -0.202. The summed E-state index contributed by atoms with van der Waals surface area (Å²) in [4.78, 5) is 23.9. The minimum absolute atomic E-state index is 0.101. The van der Waals surface area contributed by atoms with Crippen molar-refractivity contribution in [2.24, 2.45) is 0 Å². The van der Waals surface area contributed by atoms with Gasteiger partial charge in [0.2, 0.25) is 0 Å². The van der Waals surface area contributed by atoms with Gasteiger partial charge in [-0.15, -0.1) is 0 Å². The molecular formula is C44H89N3O6. The van der Waals surface area contributed by atoms with Crippen LogP contribution in [0.1, 0.15) is 194 Å². The molecule has 0 bridgehead atoms. The fourth-order valence-corrected chi connectivity index (χ4v) is 6.15. The summed E-state index contributed by atoms with van der Waals surface area (Å²) < 4.78 is 22.3. The van der Waals surface area contributed by atoms with E-state index in [1.807, 2.05) is 0 Å². The van der Waals surface area contributed by atoms with Crippen molar-refractivity contribution in [3.63, 3.8) is 0 Å². The summed E-state index contributed by atoms with van der Waals surface area (Å²) in [6.45, 7) is 14.2. The number of rotatable bonds is 46. The molecule has 9 heteroatoms. The molecular weight excluding hydrogens is 666 g/mol. The molecule has 0 rings (SSSR count). The van der Waals surface area contributed by atoms with Crippen molar-refractivity contribution < 1.29 is 28.5 Å². The number of unbranched alkanes of at least 4 members (excludes halogenated alkanes) is 20. The Morgan fingerprint density at radius 3 is 0.906 bits per heavy atom. The molecule has 0 aromatic rings. The highest BCUT2D eigenvalue weighted by atomic mass is 16.5. The van der Waals surface area contributed by atoms with Gasteiger partial charge in [-0.2, -0.15) is 0 Å². The number of carbonyl (C=O) groups is 2. The molecule has 0 aliphatic heterocycles. The zero-order chi connectivity index (χ0) is 38.4. The molecule has 3 N–H and O–H groups in total. The second-order valence-electron chi connectivity index (χ2n) is 14.9. The van der Waals surface area contributed by atoms with Crippen molar-refractivity contribution in [1.82, 2.24) is 16.0 Å². The van der Waals surface area contributed by atoms with Crippen LogP contribution in [0.3, 0.4) is 0 Å². The summed E-state index contributed by atoms with van der Waals surface area (Å²) in [6, 6.07) is 0. The lowest BCUT2D eigenvalue weighted by atomic mass is 10.1. The molecule has 0 saturated carbocycles. The highest BCUT2D eigenvalue weighted by Gasteiger charge is 2.04. The third-order valence-electron chi connectivity index (χ3n) is 9.60. The average Bonchev–Trinajstić information content (AvgIpc) is 3.16. The lowest BCUT2D eigenvalue weighted by Gasteiger charge is -2.08. The van der Waals surface area contributed by atoms with E-state index in [9.17, 15) is 9.59 Å². The van der Waals surface area contributed by atoms with Crippen molar-refractivity contribution in [3.8, 4) is 0 Å². The second-order valence-corrected chi connectivity index (χ2v) is 14.9. The van der Waals surface area contributed by atoms with E-state index in [1.54, 1.807) is 0 Å². The quantitative estimate of drug-likeness (QED) is 0.0414. The van der Waals surface area contributed by atoms with Crippen molar-refractivity contribution in [3.05, 3.63) is 0 Å². The fraction of sp³-hybridized carbons (Fsp3) is 0.955. The van der Waals surface area contributed by atoms with Crippen molar-refractivity contribution in [2.75, 3.05) is 78.9 Å². The van der Waals surface area contributed by atoms with Gasteiger partial charge in [0.25, 0.3) is 0 Å². The highest BCUT2D eigenvalue weighted by Crippen LogP contribution is 2.09. The van der Waals surface area contributed by atoms with E-state index in [2.05, 4.69) is 29.8 Å². The number of ether oxygens (including phenoxy) is 4. The minimum atomic E-state index is -0.101. The van der Waals surface area contributed by atoms with Gasteiger partial charge in [0.1, 0.15) is 0 Å². The smallest absolute Gasteiger partial charge is 0.307 e. The number of hydrogen-bond acceptors (Lipinski definition) is 9. The molecule has 0 spiro atoms. The first-order valence-electron chi connectivity index (χ1n) is 22.8. The molecule has 0 fully saturated rings. The van der Waals surface area contributed by atoms with Crippen LogP contribution in [0.2, 0.25) is 0 Å². The third kappa shape index (κ3) is 46.8. The molecule has 0 aliphatic rings. The second kappa shape index (κ2) is 46.9.